The largest absolute Gasteiger partial charge is 1.00 e. The lowest BCUT2D eigenvalue weighted by atomic mass is 10.1. The Morgan fingerprint density at radius 2 is 1.74 bits per heavy atom. The van der Waals surface area contributed by atoms with E-state index in [1.165, 1.54) is 5.56 Å². The SMILES string of the molecule is CN(C)C(COc1cccc2c1OCCO2)c1ccccc1.[Cl-]. The molecule has 1 aliphatic heterocycles. The lowest BCUT2D eigenvalue weighted by molar-refractivity contribution is -0.00000557. The molecule has 124 valence electrons. The van der Waals surface area contributed by atoms with E-state index in [9.17, 15) is 0 Å². The zero-order valence-corrected chi connectivity index (χ0v) is 14.1. The molecule has 1 atom stereocenters. The summed E-state index contributed by atoms with van der Waals surface area (Å²) in [5.74, 6) is 2.20. The zero-order chi connectivity index (χ0) is 15.4. The molecular formula is C18H21ClNO3-. The van der Waals surface area contributed by atoms with Crippen molar-refractivity contribution in [3.05, 3.63) is 54.1 Å². The molecular weight excluding hydrogens is 314 g/mol. The van der Waals surface area contributed by atoms with Gasteiger partial charge in [0, 0.05) is 0 Å². The highest BCUT2D eigenvalue weighted by Gasteiger charge is 2.19. The van der Waals surface area contributed by atoms with Crippen molar-refractivity contribution in [1.29, 1.82) is 0 Å². The molecule has 3 rings (SSSR count). The van der Waals surface area contributed by atoms with Crippen molar-refractivity contribution in [1.82, 2.24) is 4.90 Å². The molecule has 1 heterocycles. The summed E-state index contributed by atoms with van der Waals surface area (Å²) in [6.07, 6.45) is 0. The Bertz CT molecular complexity index is 619. The first-order valence-electron chi connectivity index (χ1n) is 7.48. The molecule has 0 aromatic heterocycles. The van der Waals surface area contributed by atoms with Crippen LogP contribution in [0.2, 0.25) is 0 Å². The molecule has 0 spiro atoms. The van der Waals surface area contributed by atoms with Crippen LogP contribution < -0.4 is 26.6 Å². The summed E-state index contributed by atoms with van der Waals surface area (Å²) in [5.41, 5.74) is 1.23. The Labute approximate surface area is 143 Å². The van der Waals surface area contributed by atoms with Gasteiger partial charge in [-0.15, -0.1) is 0 Å². The van der Waals surface area contributed by atoms with Gasteiger partial charge >= 0.3 is 0 Å². The van der Waals surface area contributed by atoms with Crippen LogP contribution in [0.1, 0.15) is 11.6 Å². The standard InChI is InChI=1S/C18H21NO3.ClH/c1-19(2)15(14-7-4-3-5-8-14)13-22-17-10-6-9-16-18(17)21-12-11-20-16;/h3-10,15H,11-13H2,1-2H3;1H/p-1. The van der Waals surface area contributed by atoms with Gasteiger partial charge in [-0.25, -0.2) is 0 Å². The first-order chi connectivity index (χ1) is 10.8. The van der Waals surface area contributed by atoms with Crippen molar-refractivity contribution in [2.45, 2.75) is 6.04 Å². The number of nitrogens with zero attached hydrogens (tertiary/aromatic N) is 1. The lowest BCUT2D eigenvalue weighted by Gasteiger charge is -2.26. The highest BCUT2D eigenvalue weighted by molar-refractivity contribution is 5.51. The van der Waals surface area contributed by atoms with E-state index in [-0.39, 0.29) is 18.4 Å². The van der Waals surface area contributed by atoms with E-state index < -0.39 is 0 Å². The molecule has 1 unspecified atom stereocenters. The van der Waals surface area contributed by atoms with Gasteiger partial charge < -0.3 is 26.6 Å². The van der Waals surface area contributed by atoms with Crippen LogP contribution in [0.25, 0.3) is 0 Å². The van der Waals surface area contributed by atoms with Gasteiger partial charge in [0.25, 0.3) is 0 Å². The van der Waals surface area contributed by atoms with Crippen molar-refractivity contribution in [2.24, 2.45) is 0 Å². The fourth-order valence-corrected chi connectivity index (χ4v) is 2.55. The maximum absolute atomic E-state index is 6.04. The molecule has 2 aromatic carbocycles. The van der Waals surface area contributed by atoms with Crippen LogP contribution in [-0.4, -0.2) is 38.8 Å². The number of rotatable bonds is 5. The topological polar surface area (TPSA) is 30.9 Å². The first kappa shape index (κ1) is 17.4. The number of fused-ring (bicyclic) bond motifs is 1. The molecule has 0 amide bonds. The van der Waals surface area contributed by atoms with Gasteiger partial charge in [0.15, 0.2) is 11.5 Å². The molecule has 0 fully saturated rings. The van der Waals surface area contributed by atoms with Crippen LogP contribution >= 0.6 is 0 Å². The summed E-state index contributed by atoms with van der Waals surface area (Å²) in [7, 11) is 4.11. The summed E-state index contributed by atoms with van der Waals surface area (Å²) in [6.45, 7) is 1.70. The summed E-state index contributed by atoms with van der Waals surface area (Å²) in [4.78, 5) is 2.15. The van der Waals surface area contributed by atoms with Crippen molar-refractivity contribution in [2.75, 3.05) is 33.9 Å². The van der Waals surface area contributed by atoms with E-state index in [1.807, 2.05) is 36.4 Å². The second kappa shape index (κ2) is 8.09. The average Bonchev–Trinajstić information content (AvgIpc) is 2.56. The maximum Gasteiger partial charge on any atom is 0.203 e. The van der Waals surface area contributed by atoms with E-state index >= 15 is 0 Å². The highest BCUT2D eigenvalue weighted by atomic mass is 35.5. The summed E-state index contributed by atoms with van der Waals surface area (Å²) in [5, 5.41) is 0. The zero-order valence-electron chi connectivity index (χ0n) is 13.4. The third-order valence-electron chi connectivity index (χ3n) is 3.73. The van der Waals surface area contributed by atoms with Gasteiger partial charge in [-0.1, -0.05) is 36.4 Å². The van der Waals surface area contributed by atoms with Gasteiger partial charge in [0.1, 0.15) is 19.8 Å². The quantitative estimate of drug-likeness (QED) is 0.778. The Kier molecular flexibility index (Phi) is 6.13. The van der Waals surface area contributed by atoms with E-state index in [2.05, 4.69) is 31.1 Å². The van der Waals surface area contributed by atoms with Crippen molar-refractivity contribution in [3.63, 3.8) is 0 Å². The van der Waals surface area contributed by atoms with Crippen LogP contribution in [0, 0.1) is 0 Å². The molecule has 0 N–H and O–H groups in total. The molecule has 2 aromatic rings. The normalized spacial score (nSPS) is 14.0. The third-order valence-corrected chi connectivity index (χ3v) is 3.73. The molecule has 0 bridgehead atoms. The van der Waals surface area contributed by atoms with Crippen LogP contribution in [0.3, 0.4) is 0 Å². The molecule has 0 saturated carbocycles. The van der Waals surface area contributed by atoms with Crippen molar-refractivity contribution in [3.8, 4) is 17.2 Å². The van der Waals surface area contributed by atoms with Crippen molar-refractivity contribution < 1.29 is 26.6 Å². The molecule has 1 aliphatic rings. The number of halogens is 1. The minimum atomic E-state index is 0. The predicted molar refractivity (Wildman–Crippen MR) is 85.8 cm³/mol. The number of para-hydroxylation sites is 1. The highest BCUT2D eigenvalue weighted by Crippen LogP contribution is 2.39. The Hall–Kier alpha value is -1.91. The fourth-order valence-electron chi connectivity index (χ4n) is 2.55. The van der Waals surface area contributed by atoms with Crippen LogP contribution in [0.5, 0.6) is 17.2 Å². The lowest BCUT2D eigenvalue weighted by Crippen LogP contribution is -3.00. The van der Waals surface area contributed by atoms with E-state index in [1.54, 1.807) is 0 Å². The summed E-state index contributed by atoms with van der Waals surface area (Å²) in [6, 6.07) is 16.3. The predicted octanol–water partition coefficient (Wildman–Crippen LogP) is 0.143. The minimum Gasteiger partial charge on any atom is -1.00 e. The number of ether oxygens (including phenoxy) is 3. The smallest absolute Gasteiger partial charge is 0.203 e. The van der Waals surface area contributed by atoms with E-state index in [0.717, 1.165) is 11.5 Å². The number of likely N-dealkylation sites (N-methyl/N-ethyl adjacent to an activating group) is 1. The second-order valence-electron chi connectivity index (χ2n) is 5.48. The number of hydrogen-bond acceptors (Lipinski definition) is 4. The van der Waals surface area contributed by atoms with E-state index in [4.69, 9.17) is 14.2 Å². The molecule has 23 heavy (non-hydrogen) atoms. The number of hydrogen-bond donors (Lipinski definition) is 0. The third kappa shape index (κ3) is 4.09. The van der Waals surface area contributed by atoms with Gasteiger partial charge in [-0.3, -0.25) is 4.90 Å². The van der Waals surface area contributed by atoms with Crippen LogP contribution in [0.4, 0.5) is 0 Å². The minimum absolute atomic E-state index is 0. The Morgan fingerprint density at radius 1 is 1.00 bits per heavy atom. The van der Waals surface area contributed by atoms with Gasteiger partial charge in [-0.2, -0.15) is 0 Å². The second-order valence-corrected chi connectivity index (χ2v) is 5.48. The molecule has 5 heteroatoms. The summed E-state index contributed by atoms with van der Waals surface area (Å²) >= 11 is 0. The van der Waals surface area contributed by atoms with Gasteiger partial charge in [-0.05, 0) is 31.8 Å². The summed E-state index contributed by atoms with van der Waals surface area (Å²) < 4.78 is 17.3. The van der Waals surface area contributed by atoms with Gasteiger partial charge in [0.2, 0.25) is 5.75 Å². The Balaban J connectivity index is 0.00000192. The fraction of sp³-hybridized carbons (Fsp3) is 0.333. The monoisotopic (exact) mass is 334 g/mol. The average molecular weight is 335 g/mol. The van der Waals surface area contributed by atoms with Crippen LogP contribution in [0.15, 0.2) is 48.5 Å². The van der Waals surface area contributed by atoms with Crippen LogP contribution in [-0.2, 0) is 0 Å². The molecule has 4 nitrogen and oxygen atoms in total. The molecule has 0 saturated heterocycles. The van der Waals surface area contributed by atoms with Crippen molar-refractivity contribution >= 4 is 0 Å². The number of benzene rings is 2. The first-order valence-corrected chi connectivity index (χ1v) is 7.48. The maximum atomic E-state index is 6.04. The Morgan fingerprint density at radius 3 is 2.48 bits per heavy atom. The molecule has 0 radical (unpaired) electrons. The van der Waals surface area contributed by atoms with Gasteiger partial charge in [0.05, 0.1) is 6.04 Å². The van der Waals surface area contributed by atoms with E-state index in [0.29, 0.717) is 25.6 Å². The molecule has 0 aliphatic carbocycles.